The molecule has 9 heteroatoms. The Morgan fingerprint density at radius 2 is 1.92 bits per heavy atom. The van der Waals surface area contributed by atoms with Crippen molar-refractivity contribution in [2.75, 3.05) is 31.6 Å². The van der Waals surface area contributed by atoms with Crippen LogP contribution in [0.3, 0.4) is 0 Å². The molecule has 1 aliphatic rings. The molecule has 1 saturated heterocycles. The van der Waals surface area contributed by atoms with Crippen LogP contribution < -0.4 is 5.32 Å². The van der Waals surface area contributed by atoms with E-state index in [1.54, 1.807) is 19.9 Å². The van der Waals surface area contributed by atoms with Crippen LogP contribution in [0.5, 0.6) is 0 Å². The van der Waals surface area contributed by atoms with Gasteiger partial charge in [0, 0.05) is 24.8 Å². The minimum absolute atomic E-state index is 0.0679. The van der Waals surface area contributed by atoms with E-state index in [-0.39, 0.29) is 10.7 Å². The summed E-state index contributed by atoms with van der Waals surface area (Å²) in [6.45, 7) is 4.87. The molecule has 134 valence electrons. The summed E-state index contributed by atoms with van der Waals surface area (Å²) in [5.74, 6) is -0.414. The number of nitrogens with one attached hydrogen (secondary N) is 1. The van der Waals surface area contributed by atoms with E-state index in [2.05, 4.69) is 10.5 Å². The van der Waals surface area contributed by atoms with Gasteiger partial charge in [-0.1, -0.05) is 11.2 Å². The summed E-state index contributed by atoms with van der Waals surface area (Å²) >= 11 is 0. The standard InChI is InChI=1S/C16H19N3O5S/c1-11-3-4-13(25(21,22)19-5-7-23-8-6-19)10-14(11)17-16(20)15-9-12(2)18-24-15/h3-4,9-10H,5-8H2,1-2H3,(H,17,20). The first-order chi connectivity index (χ1) is 11.9. The van der Waals surface area contributed by atoms with Crippen LogP contribution in [-0.4, -0.2) is 50.1 Å². The highest BCUT2D eigenvalue weighted by molar-refractivity contribution is 7.89. The van der Waals surface area contributed by atoms with Crippen molar-refractivity contribution in [2.24, 2.45) is 0 Å². The van der Waals surface area contributed by atoms with Crippen LogP contribution in [0.1, 0.15) is 21.8 Å². The maximum atomic E-state index is 12.7. The van der Waals surface area contributed by atoms with Gasteiger partial charge in [0.15, 0.2) is 0 Å². The van der Waals surface area contributed by atoms with Crippen molar-refractivity contribution in [3.8, 4) is 0 Å². The molecule has 3 rings (SSSR count). The number of sulfonamides is 1. The Morgan fingerprint density at radius 1 is 1.20 bits per heavy atom. The van der Waals surface area contributed by atoms with Crippen molar-refractivity contribution in [1.29, 1.82) is 0 Å². The lowest BCUT2D eigenvalue weighted by Gasteiger charge is -2.26. The average Bonchev–Trinajstić information content (AvgIpc) is 3.04. The first-order valence-corrected chi connectivity index (χ1v) is 9.25. The van der Waals surface area contributed by atoms with Gasteiger partial charge in [-0.05, 0) is 31.5 Å². The summed E-state index contributed by atoms with van der Waals surface area (Å²) in [6.07, 6.45) is 0. The van der Waals surface area contributed by atoms with Crippen molar-refractivity contribution < 1.29 is 22.5 Å². The molecule has 1 aromatic carbocycles. The molecule has 0 saturated carbocycles. The average molecular weight is 365 g/mol. The normalized spacial score (nSPS) is 15.9. The molecule has 0 aliphatic carbocycles. The second-order valence-electron chi connectivity index (χ2n) is 5.78. The first kappa shape index (κ1) is 17.6. The summed E-state index contributed by atoms with van der Waals surface area (Å²) in [4.78, 5) is 12.3. The molecule has 0 radical (unpaired) electrons. The quantitative estimate of drug-likeness (QED) is 0.882. The van der Waals surface area contributed by atoms with E-state index in [1.807, 2.05) is 0 Å². The number of hydrogen-bond donors (Lipinski definition) is 1. The highest BCUT2D eigenvalue weighted by Crippen LogP contribution is 2.24. The molecular formula is C16H19N3O5S. The fraction of sp³-hybridized carbons (Fsp3) is 0.375. The molecule has 0 unspecified atom stereocenters. The molecule has 2 aromatic rings. The number of rotatable bonds is 4. The van der Waals surface area contributed by atoms with Gasteiger partial charge in [-0.15, -0.1) is 0 Å². The predicted octanol–water partition coefficient (Wildman–Crippen LogP) is 1.56. The van der Waals surface area contributed by atoms with Gasteiger partial charge in [0.25, 0.3) is 5.91 Å². The lowest BCUT2D eigenvalue weighted by atomic mass is 10.2. The van der Waals surface area contributed by atoms with Gasteiger partial charge in [-0.2, -0.15) is 4.31 Å². The zero-order valence-electron chi connectivity index (χ0n) is 14.0. The second-order valence-corrected chi connectivity index (χ2v) is 7.72. The molecule has 1 aliphatic heterocycles. The monoisotopic (exact) mass is 365 g/mol. The van der Waals surface area contributed by atoms with Crippen LogP contribution in [0.25, 0.3) is 0 Å². The van der Waals surface area contributed by atoms with E-state index in [4.69, 9.17) is 9.26 Å². The Morgan fingerprint density at radius 3 is 2.56 bits per heavy atom. The van der Waals surface area contributed by atoms with Gasteiger partial charge in [-0.25, -0.2) is 8.42 Å². The molecule has 25 heavy (non-hydrogen) atoms. The number of amides is 1. The first-order valence-electron chi connectivity index (χ1n) is 7.81. The van der Waals surface area contributed by atoms with Gasteiger partial charge in [0.1, 0.15) is 0 Å². The number of morpholine rings is 1. The SMILES string of the molecule is Cc1cc(C(=O)Nc2cc(S(=O)(=O)N3CCOCC3)ccc2C)on1. The third-order valence-corrected chi connectivity index (χ3v) is 5.81. The Kier molecular flexibility index (Phi) is 4.89. The van der Waals surface area contributed by atoms with Crippen LogP contribution in [-0.2, 0) is 14.8 Å². The minimum atomic E-state index is -3.63. The summed E-state index contributed by atoms with van der Waals surface area (Å²) in [5.41, 5.74) is 1.74. The highest BCUT2D eigenvalue weighted by atomic mass is 32.2. The van der Waals surface area contributed by atoms with E-state index >= 15 is 0 Å². The molecule has 1 amide bonds. The zero-order valence-corrected chi connectivity index (χ0v) is 14.8. The molecule has 0 bridgehead atoms. The van der Waals surface area contributed by atoms with E-state index < -0.39 is 15.9 Å². The highest BCUT2D eigenvalue weighted by Gasteiger charge is 2.27. The van der Waals surface area contributed by atoms with Gasteiger partial charge in [0.05, 0.1) is 23.8 Å². The minimum Gasteiger partial charge on any atom is -0.379 e. The number of anilines is 1. The summed E-state index contributed by atoms with van der Waals surface area (Å²) in [7, 11) is -3.63. The summed E-state index contributed by atoms with van der Waals surface area (Å²) in [6, 6.07) is 6.17. The number of carbonyl (C=O) groups is 1. The fourth-order valence-electron chi connectivity index (χ4n) is 2.49. The molecule has 1 aromatic heterocycles. The van der Waals surface area contributed by atoms with Crippen molar-refractivity contribution in [3.05, 3.63) is 41.3 Å². The summed E-state index contributed by atoms with van der Waals surface area (Å²) in [5, 5.41) is 6.34. The Bertz CT molecular complexity index is 885. The van der Waals surface area contributed by atoms with Gasteiger partial charge in [-0.3, -0.25) is 4.79 Å². The van der Waals surface area contributed by atoms with Crippen LogP contribution in [0, 0.1) is 13.8 Å². The number of carbonyl (C=O) groups excluding carboxylic acids is 1. The van der Waals surface area contributed by atoms with E-state index in [9.17, 15) is 13.2 Å². The Labute approximate surface area is 145 Å². The molecule has 0 spiro atoms. The van der Waals surface area contributed by atoms with Crippen molar-refractivity contribution in [1.82, 2.24) is 9.46 Å². The number of benzene rings is 1. The van der Waals surface area contributed by atoms with E-state index in [0.717, 1.165) is 5.56 Å². The van der Waals surface area contributed by atoms with Crippen LogP contribution >= 0.6 is 0 Å². The number of nitrogens with zero attached hydrogens (tertiary/aromatic N) is 2. The van der Waals surface area contributed by atoms with E-state index in [0.29, 0.717) is 37.7 Å². The van der Waals surface area contributed by atoms with Crippen molar-refractivity contribution in [3.63, 3.8) is 0 Å². The summed E-state index contributed by atoms with van der Waals surface area (Å²) < 4.78 is 37.0. The van der Waals surface area contributed by atoms with Crippen molar-refractivity contribution in [2.45, 2.75) is 18.7 Å². The lowest BCUT2D eigenvalue weighted by molar-refractivity contribution is 0.0730. The largest absolute Gasteiger partial charge is 0.379 e. The second kappa shape index (κ2) is 6.95. The maximum absolute atomic E-state index is 12.7. The molecule has 0 atom stereocenters. The third kappa shape index (κ3) is 3.73. The van der Waals surface area contributed by atoms with Crippen LogP contribution in [0.4, 0.5) is 5.69 Å². The smallest absolute Gasteiger partial charge is 0.294 e. The molecule has 1 fully saturated rings. The zero-order chi connectivity index (χ0) is 18.0. The molecule has 8 nitrogen and oxygen atoms in total. The van der Waals surface area contributed by atoms with Gasteiger partial charge in [0.2, 0.25) is 15.8 Å². The molecular weight excluding hydrogens is 346 g/mol. The van der Waals surface area contributed by atoms with Crippen LogP contribution in [0.15, 0.2) is 33.7 Å². The molecule has 2 heterocycles. The topological polar surface area (TPSA) is 102 Å². The lowest BCUT2D eigenvalue weighted by Crippen LogP contribution is -2.40. The number of ether oxygens (including phenoxy) is 1. The Hall–Kier alpha value is -2.23. The predicted molar refractivity (Wildman–Crippen MR) is 90.0 cm³/mol. The number of aromatic nitrogens is 1. The maximum Gasteiger partial charge on any atom is 0.294 e. The number of hydrogen-bond acceptors (Lipinski definition) is 6. The van der Waals surface area contributed by atoms with Crippen molar-refractivity contribution >= 4 is 21.6 Å². The van der Waals surface area contributed by atoms with Crippen LogP contribution in [0.2, 0.25) is 0 Å². The Balaban J connectivity index is 1.86. The number of aryl methyl sites for hydroxylation is 2. The molecule has 1 N–H and O–H groups in total. The van der Waals surface area contributed by atoms with Gasteiger partial charge < -0.3 is 14.6 Å². The van der Waals surface area contributed by atoms with Gasteiger partial charge >= 0.3 is 0 Å². The third-order valence-electron chi connectivity index (χ3n) is 3.92. The van der Waals surface area contributed by atoms with E-state index in [1.165, 1.54) is 22.5 Å². The fourth-order valence-corrected chi connectivity index (χ4v) is 3.92.